The van der Waals surface area contributed by atoms with Gasteiger partial charge in [0.25, 0.3) is 0 Å². The summed E-state index contributed by atoms with van der Waals surface area (Å²) in [5.41, 5.74) is 1.57. The molecule has 2 bridgehead atoms. The molecular formula is C24H27N5O2. The summed E-state index contributed by atoms with van der Waals surface area (Å²) in [5, 5.41) is 12.5. The minimum atomic E-state index is -0.143. The van der Waals surface area contributed by atoms with Gasteiger partial charge in [-0.05, 0) is 43.9 Å². The molecule has 0 radical (unpaired) electrons. The number of hydrogen-bond donors (Lipinski definition) is 1. The van der Waals surface area contributed by atoms with E-state index in [1.54, 1.807) is 13.3 Å². The van der Waals surface area contributed by atoms with Crippen LogP contribution in [-0.2, 0) is 10.3 Å². The van der Waals surface area contributed by atoms with Crippen molar-refractivity contribution in [2.45, 2.75) is 43.3 Å². The summed E-state index contributed by atoms with van der Waals surface area (Å²) in [4.78, 5) is 21.9. The van der Waals surface area contributed by atoms with Crippen molar-refractivity contribution in [1.82, 2.24) is 15.2 Å². The maximum absolute atomic E-state index is 13.1. The van der Waals surface area contributed by atoms with Crippen LogP contribution in [0.3, 0.4) is 0 Å². The summed E-state index contributed by atoms with van der Waals surface area (Å²) < 4.78 is 5.53. The molecule has 2 unspecified atom stereocenters. The number of methoxy groups -OCH3 is 1. The number of nitriles is 1. The highest BCUT2D eigenvalue weighted by atomic mass is 16.5. The summed E-state index contributed by atoms with van der Waals surface area (Å²) in [5.74, 6) is 1.94. The van der Waals surface area contributed by atoms with Gasteiger partial charge in [-0.15, -0.1) is 0 Å². The Morgan fingerprint density at radius 3 is 2.58 bits per heavy atom. The van der Waals surface area contributed by atoms with Crippen molar-refractivity contribution in [2.24, 2.45) is 0 Å². The molecule has 3 aliphatic rings. The molecule has 1 N–H and O–H groups in total. The maximum Gasteiger partial charge on any atom is 0.236 e. The first-order chi connectivity index (χ1) is 15.1. The average molecular weight is 418 g/mol. The molecule has 3 fully saturated rings. The van der Waals surface area contributed by atoms with Gasteiger partial charge in [-0.25, -0.2) is 4.98 Å². The van der Waals surface area contributed by atoms with Crippen molar-refractivity contribution in [1.29, 1.82) is 5.26 Å². The predicted octanol–water partition coefficient (Wildman–Crippen LogP) is 2.42. The Bertz CT molecular complexity index is 997. The monoisotopic (exact) mass is 417 g/mol. The Morgan fingerprint density at radius 1 is 1.23 bits per heavy atom. The van der Waals surface area contributed by atoms with Crippen molar-refractivity contribution >= 4 is 11.7 Å². The van der Waals surface area contributed by atoms with E-state index >= 15 is 0 Å². The number of piperazine rings is 1. The SMILES string of the molecule is COc1ccccc1C1(NCC(=O)N2CC3CCC(C2)N3c2ccc(C#N)cn2)CC1. The van der Waals surface area contributed by atoms with E-state index in [-0.39, 0.29) is 23.5 Å². The number of hydrogen-bond acceptors (Lipinski definition) is 6. The van der Waals surface area contributed by atoms with Crippen molar-refractivity contribution < 1.29 is 9.53 Å². The van der Waals surface area contributed by atoms with E-state index in [2.05, 4.69) is 27.3 Å². The van der Waals surface area contributed by atoms with Crippen LogP contribution in [0.4, 0.5) is 5.82 Å². The third-order valence-corrected chi connectivity index (χ3v) is 6.93. The molecule has 7 nitrogen and oxygen atoms in total. The lowest BCUT2D eigenvalue weighted by atomic mass is 10.0. The van der Waals surface area contributed by atoms with E-state index < -0.39 is 0 Å². The number of anilines is 1. The number of carbonyl (C=O) groups is 1. The highest BCUT2D eigenvalue weighted by Gasteiger charge is 2.47. The van der Waals surface area contributed by atoms with Crippen LogP contribution in [0.2, 0.25) is 0 Å². The van der Waals surface area contributed by atoms with Gasteiger partial charge in [-0.3, -0.25) is 10.1 Å². The summed E-state index contributed by atoms with van der Waals surface area (Å²) in [6.45, 7) is 1.79. The van der Waals surface area contributed by atoms with Gasteiger partial charge in [0.1, 0.15) is 17.6 Å². The van der Waals surface area contributed by atoms with Gasteiger partial charge in [0, 0.05) is 42.5 Å². The summed E-state index contributed by atoms with van der Waals surface area (Å²) in [6.07, 6.45) is 5.79. The van der Waals surface area contributed by atoms with Gasteiger partial charge >= 0.3 is 0 Å². The highest BCUT2D eigenvalue weighted by molar-refractivity contribution is 5.79. The topological polar surface area (TPSA) is 81.5 Å². The summed E-state index contributed by atoms with van der Waals surface area (Å²) >= 11 is 0. The Kier molecular flexibility index (Phi) is 5.03. The van der Waals surface area contributed by atoms with Crippen LogP contribution in [0.25, 0.3) is 0 Å². The highest BCUT2D eigenvalue weighted by Crippen LogP contribution is 2.48. The molecule has 5 rings (SSSR count). The summed E-state index contributed by atoms with van der Waals surface area (Å²) in [6, 6.07) is 14.5. The van der Waals surface area contributed by atoms with E-state index in [0.29, 0.717) is 12.1 Å². The number of nitrogens with zero attached hydrogens (tertiary/aromatic N) is 4. The number of nitrogens with one attached hydrogen (secondary N) is 1. The van der Waals surface area contributed by atoms with Crippen LogP contribution in [0.1, 0.15) is 36.8 Å². The first kappa shape index (κ1) is 19.8. The molecule has 31 heavy (non-hydrogen) atoms. The number of aromatic nitrogens is 1. The summed E-state index contributed by atoms with van der Waals surface area (Å²) in [7, 11) is 1.69. The normalized spacial score (nSPS) is 23.4. The van der Waals surface area contributed by atoms with Gasteiger partial charge in [0.15, 0.2) is 0 Å². The van der Waals surface area contributed by atoms with Gasteiger partial charge in [-0.1, -0.05) is 18.2 Å². The predicted molar refractivity (Wildman–Crippen MR) is 117 cm³/mol. The van der Waals surface area contributed by atoms with Crippen molar-refractivity contribution in [3.8, 4) is 11.8 Å². The Labute approximate surface area is 182 Å². The quantitative estimate of drug-likeness (QED) is 0.777. The van der Waals surface area contributed by atoms with Crippen LogP contribution < -0.4 is 15.0 Å². The number of carbonyl (C=O) groups excluding carboxylic acids is 1. The van der Waals surface area contributed by atoms with Crippen molar-refractivity contribution in [3.05, 3.63) is 53.7 Å². The van der Waals surface area contributed by atoms with Crippen LogP contribution in [0.5, 0.6) is 5.75 Å². The molecule has 2 atom stereocenters. The smallest absolute Gasteiger partial charge is 0.236 e. The number of likely N-dealkylation sites (tertiary alicyclic amines) is 1. The zero-order valence-electron chi connectivity index (χ0n) is 17.8. The first-order valence-electron chi connectivity index (χ1n) is 10.9. The molecule has 1 saturated carbocycles. The van der Waals surface area contributed by atoms with E-state index in [9.17, 15) is 4.79 Å². The van der Waals surface area contributed by atoms with Crippen molar-refractivity contribution in [3.63, 3.8) is 0 Å². The fourth-order valence-corrected chi connectivity index (χ4v) is 5.15. The van der Waals surface area contributed by atoms with E-state index in [0.717, 1.165) is 55.9 Å². The van der Waals surface area contributed by atoms with Crippen molar-refractivity contribution in [2.75, 3.05) is 31.6 Å². The molecule has 2 aliphatic heterocycles. The Hall–Kier alpha value is -3.11. The molecule has 2 aromatic rings. The molecule has 160 valence electrons. The molecule has 1 aliphatic carbocycles. The third kappa shape index (κ3) is 3.61. The molecule has 7 heteroatoms. The Balaban J connectivity index is 1.23. The number of fused-ring (bicyclic) bond motifs is 2. The minimum absolute atomic E-state index is 0.143. The van der Waals surface area contributed by atoms with Gasteiger partial charge < -0.3 is 14.5 Å². The van der Waals surface area contributed by atoms with Crippen LogP contribution in [0.15, 0.2) is 42.6 Å². The second kappa shape index (κ2) is 7.86. The van der Waals surface area contributed by atoms with Crippen LogP contribution in [0, 0.1) is 11.3 Å². The number of pyridine rings is 1. The fraction of sp³-hybridized carbons (Fsp3) is 0.458. The zero-order chi connectivity index (χ0) is 21.4. The number of amides is 1. The first-order valence-corrected chi connectivity index (χ1v) is 10.9. The molecular weight excluding hydrogens is 390 g/mol. The van der Waals surface area contributed by atoms with Gasteiger partial charge in [0.2, 0.25) is 5.91 Å². The molecule has 3 heterocycles. The molecule has 2 saturated heterocycles. The number of para-hydroxylation sites is 1. The lowest BCUT2D eigenvalue weighted by Crippen LogP contribution is -2.57. The number of ether oxygens (including phenoxy) is 1. The number of rotatable bonds is 6. The van der Waals surface area contributed by atoms with E-state index in [1.165, 1.54) is 0 Å². The van der Waals surface area contributed by atoms with Gasteiger partial charge in [0.05, 0.1) is 19.2 Å². The average Bonchev–Trinajstić information content (AvgIpc) is 3.56. The molecule has 1 aromatic heterocycles. The molecule has 0 spiro atoms. The fourth-order valence-electron chi connectivity index (χ4n) is 5.15. The van der Waals surface area contributed by atoms with Crippen LogP contribution in [-0.4, -0.2) is 54.6 Å². The second-order valence-corrected chi connectivity index (χ2v) is 8.74. The minimum Gasteiger partial charge on any atom is -0.496 e. The third-order valence-electron chi connectivity index (χ3n) is 6.93. The number of benzene rings is 1. The standard InChI is InChI=1S/C24H27N5O2/c1-31-21-5-3-2-4-20(21)24(10-11-24)27-14-23(30)28-15-18-7-8-19(16-28)29(18)22-9-6-17(12-25)13-26-22/h2-6,9,13,18-19,27H,7-8,10-11,14-16H2,1H3. The largest absolute Gasteiger partial charge is 0.496 e. The van der Waals surface area contributed by atoms with E-state index in [4.69, 9.17) is 10.00 Å². The maximum atomic E-state index is 13.1. The van der Waals surface area contributed by atoms with Gasteiger partial charge in [-0.2, -0.15) is 5.26 Å². The zero-order valence-corrected chi connectivity index (χ0v) is 17.8. The Morgan fingerprint density at radius 2 is 1.97 bits per heavy atom. The van der Waals surface area contributed by atoms with Crippen LogP contribution >= 0.6 is 0 Å². The lowest BCUT2D eigenvalue weighted by molar-refractivity contribution is -0.131. The second-order valence-electron chi connectivity index (χ2n) is 8.74. The molecule has 1 amide bonds. The molecule has 1 aromatic carbocycles. The van der Waals surface area contributed by atoms with E-state index in [1.807, 2.05) is 35.2 Å². The lowest BCUT2D eigenvalue weighted by Gasteiger charge is -2.42.